The Morgan fingerprint density at radius 2 is 1.86 bits per heavy atom. The molecule has 6 heteroatoms. The molecule has 1 saturated heterocycles. The first-order valence-corrected chi connectivity index (χ1v) is 10.00. The lowest BCUT2D eigenvalue weighted by molar-refractivity contribution is 0.0737. The molecule has 1 aliphatic heterocycles. The summed E-state index contributed by atoms with van der Waals surface area (Å²) >= 11 is 0. The predicted octanol–water partition coefficient (Wildman–Crippen LogP) is 4.33. The zero-order valence-corrected chi connectivity index (χ0v) is 17.3. The molecule has 0 radical (unpaired) electrons. The molecule has 3 heterocycles. The largest absolute Gasteiger partial charge is 0.337 e. The number of aromatic nitrogens is 2. The van der Waals surface area contributed by atoms with Crippen molar-refractivity contribution in [3.63, 3.8) is 0 Å². The van der Waals surface area contributed by atoms with E-state index in [9.17, 15) is 9.59 Å². The first-order valence-electron chi connectivity index (χ1n) is 10.00. The first-order chi connectivity index (χ1) is 13.3. The van der Waals surface area contributed by atoms with Crippen LogP contribution in [0, 0.1) is 0 Å². The minimum atomic E-state index is -0.197. The highest BCUT2D eigenvalue weighted by Gasteiger charge is 2.32. The first kappa shape index (κ1) is 18.6. The van der Waals surface area contributed by atoms with Gasteiger partial charge in [0, 0.05) is 38.1 Å². The smallest absolute Gasteiger partial charge is 0.328 e. The van der Waals surface area contributed by atoms with Crippen LogP contribution in [0.4, 0.5) is 4.79 Å². The zero-order valence-electron chi connectivity index (χ0n) is 17.3. The van der Waals surface area contributed by atoms with Crippen molar-refractivity contribution in [3.8, 4) is 0 Å². The van der Waals surface area contributed by atoms with Gasteiger partial charge in [0.2, 0.25) is 0 Å². The highest BCUT2D eigenvalue weighted by molar-refractivity contribution is 6.14. The van der Waals surface area contributed by atoms with Gasteiger partial charge in [-0.25, -0.2) is 4.79 Å². The maximum absolute atomic E-state index is 13.4. The molecule has 3 aromatic rings. The summed E-state index contributed by atoms with van der Waals surface area (Å²) < 4.78 is 3.83. The van der Waals surface area contributed by atoms with Gasteiger partial charge in [0.05, 0.1) is 16.6 Å². The van der Waals surface area contributed by atoms with Gasteiger partial charge in [-0.2, -0.15) is 0 Å². The number of likely N-dealkylation sites (tertiary alicyclic amines) is 1. The Morgan fingerprint density at radius 3 is 2.46 bits per heavy atom. The average molecular weight is 380 g/mol. The number of benzene rings is 1. The zero-order chi connectivity index (χ0) is 20.2. The van der Waals surface area contributed by atoms with Crippen LogP contribution in [0.2, 0.25) is 0 Å². The molecule has 1 fully saturated rings. The molecule has 1 atom stereocenters. The molecule has 0 spiro atoms. The predicted molar refractivity (Wildman–Crippen MR) is 112 cm³/mol. The van der Waals surface area contributed by atoms with E-state index in [0.717, 1.165) is 41.3 Å². The number of para-hydroxylation sites is 1. The van der Waals surface area contributed by atoms with E-state index in [2.05, 4.69) is 31.4 Å². The van der Waals surface area contributed by atoms with E-state index in [4.69, 9.17) is 0 Å². The summed E-state index contributed by atoms with van der Waals surface area (Å²) in [5.41, 5.74) is 3.29. The maximum Gasteiger partial charge on any atom is 0.328 e. The van der Waals surface area contributed by atoms with Gasteiger partial charge in [-0.15, -0.1) is 0 Å². The molecular formula is C22H28N4O2. The monoisotopic (exact) mass is 380 g/mol. The molecule has 0 bridgehead atoms. The fraction of sp³-hybridized carbons (Fsp3) is 0.455. The Labute approximate surface area is 165 Å². The van der Waals surface area contributed by atoms with Crippen molar-refractivity contribution in [2.45, 2.75) is 45.7 Å². The third-order valence-electron chi connectivity index (χ3n) is 5.78. The second-order valence-corrected chi connectivity index (χ2v) is 8.25. The minimum absolute atomic E-state index is 0.0595. The molecule has 0 aliphatic carbocycles. The Kier molecular flexibility index (Phi) is 4.44. The van der Waals surface area contributed by atoms with Gasteiger partial charge < -0.3 is 14.4 Å². The van der Waals surface area contributed by atoms with Crippen LogP contribution in [0.5, 0.6) is 0 Å². The summed E-state index contributed by atoms with van der Waals surface area (Å²) in [4.78, 5) is 30.0. The standard InChI is InChI=1S/C22H28N4O2/c1-14(2)25-17-11-7-6-10-16(17)20-18(25)13-19(26(20)22(28)23(4)5)21(27)24-12-8-9-15(24)3/h6-7,10-11,13-15H,8-9,12H2,1-5H3. The molecule has 6 nitrogen and oxygen atoms in total. The molecule has 148 valence electrons. The van der Waals surface area contributed by atoms with E-state index in [1.807, 2.05) is 29.2 Å². The van der Waals surface area contributed by atoms with Crippen LogP contribution >= 0.6 is 0 Å². The van der Waals surface area contributed by atoms with Gasteiger partial charge in [0.25, 0.3) is 5.91 Å². The number of hydrogen-bond acceptors (Lipinski definition) is 2. The van der Waals surface area contributed by atoms with Crippen molar-refractivity contribution in [1.82, 2.24) is 18.9 Å². The fourth-order valence-electron chi connectivity index (χ4n) is 4.45. The Bertz CT molecular complexity index is 1070. The second-order valence-electron chi connectivity index (χ2n) is 8.25. The highest BCUT2D eigenvalue weighted by Crippen LogP contribution is 2.35. The summed E-state index contributed by atoms with van der Waals surface area (Å²) in [6, 6.07) is 10.2. The SMILES string of the molecule is CC1CCCN1C(=O)c1cc2c(c3ccccc3n2C(C)C)n1C(=O)N(C)C. The van der Waals surface area contributed by atoms with Crippen LogP contribution in [-0.2, 0) is 0 Å². The van der Waals surface area contributed by atoms with E-state index in [-0.39, 0.29) is 24.0 Å². The van der Waals surface area contributed by atoms with Crippen molar-refractivity contribution in [1.29, 1.82) is 0 Å². The number of hydrogen-bond donors (Lipinski definition) is 0. The van der Waals surface area contributed by atoms with Crippen LogP contribution in [0.3, 0.4) is 0 Å². The van der Waals surface area contributed by atoms with E-state index < -0.39 is 0 Å². The van der Waals surface area contributed by atoms with Crippen LogP contribution in [0.25, 0.3) is 21.9 Å². The molecule has 2 aromatic heterocycles. The van der Waals surface area contributed by atoms with E-state index in [0.29, 0.717) is 5.69 Å². The number of carbonyl (C=O) groups excluding carboxylic acids is 2. The van der Waals surface area contributed by atoms with Crippen molar-refractivity contribution in [3.05, 3.63) is 36.0 Å². The van der Waals surface area contributed by atoms with Crippen molar-refractivity contribution in [2.75, 3.05) is 20.6 Å². The molecule has 28 heavy (non-hydrogen) atoms. The van der Waals surface area contributed by atoms with Crippen molar-refractivity contribution >= 4 is 33.9 Å². The summed E-state index contributed by atoms with van der Waals surface area (Å²) in [5, 5.41) is 0.995. The molecule has 0 saturated carbocycles. The molecule has 0 N–H and O–H groups in total. The van der Waals surface area contributed by atoms with Gasteiger partial charge in [0.1, 0.15) is 5.69 Å². The lowest BCUT2D eigenvalue weighted by Crippen LogP contribution is -2.37. The molecular weight excluding hydrogens is 352 g/mol. The summed E-state index contributed by atoms with van der Waals surface area (Å²) in [5.74, 6) is -0.0595. The van der Waals surface area contributed by atoms with Gasteiger partial charge in [-0.1, -0.05) is 18.2 Å². The second kappa shape index (κ2) is 6.69. The minimum Gasteiger partial charge on any atom is -0.337 e. The van der Waals surface area contributed by atoms with Crippen LogP contribution in [0.1, 0.15) is 50.1 Å². The maximum atomic E-state index is 13.4. The van der Waals surface area contributed by atoms with Gasteiger partial charge in [0.15, 0.2) is 0 Å². The number of fused-ring (bicyclic) bond motifs is 3. The summed E-state index contributed by atoms with van der Waals surface area (Å²) in [6.07, 6.45) is 2.02. The number of amides is 2. The lowest BCUT2D eigenvalue weighted by atomic mass is 10.2. The van der Waals surface area contributed by atoms with Crippen LogP contribution in [0.15, 0.2) is 30.3 Å². The summed E-state index contributed by atoms with van der Waals surface area (Å²) in [6.45, 7) is 7.08. The number of rotatable bonds is 2. The number of nitrogens with zero attached hydrogens (tertiary/aromatic N) is 4. The van der Waals surface area contributed by atoms with Gasteiger partial charge >= 0.3 is 6.03 Å². The van der Waals surface area contributed by atoms with E-state index in [1.54, 1.807) is 18.7 Å². The normalized spacial score (nSPS) is 17.2. The third kappa shape index (κ3) is 2.62. The van der Waals surface area contributed by atoms with Crippen molar-refractivity contribution in [2.24, 2.45) is 0 Å². The number of carbonyl (C=O) groups is 2. The van der Waals surface area contributed by atoms with Gasteiger partial charge in [-0.3, -0.25) is 9.36 Å². The molecule has 2 amide bonds. The van der Waals surface area contributed by atoms with E-state index in [1.165, 1.54) is 4.90 Å². The summed E-state index contributed by atoms with van der Waals surface area (Å²) in [7, 11) is 3.45. The Hall–Kier alpha value is -2.76. The quantitative estimate of drug-likeness (QED) is 0.664. The van der Waals surface area contributed by atoms with Gasteiger partial charge in [-0.05, 0) is 45.7 Å². The van der Waals surface area contributed by atoms with Crippen molar-refractivity contribution < 1.29 is 9.59 Å². The highest BCUT2D eigenvalue weighted by atomic mass is 16.2. The topological polar surface area (TPSA) is 50.5 Å². The fourth-order valence-corrected chi connectivity index (χ4v) is 4.45. The average Bonchev–Trinajstić information content (AvgIpc) is 3.32. The molecule has 1 aliphatic rings. The van der Waals surface area contributed by atoms with E-state index >= 15 is 0 Å². The Balaban J connectivity index is 2.05. The molecule has 1 unspecified atom stereocenters. The lowest BCUT2D eigenvalue weighted by Gasteiger charge is -2.23. The molecule has 4 rings (SSSR count). The van der Waals surface area contributed by atoms with Crippen LogP contribution < -0.4 is 0 Å². The molecule has 1 aromatic carbocycles. The van der Waals surface area contributed by atoms with Crippen LogP contribution in [-0.4, -0.2) is 57.6 Å². The third-order valence-corrected chi connectivity index (χ3v) is 5.78. The Morgan fingerprint density at radius 1 is 1.14 bits per heavy atom.